The molecule has 0 aromatic heterocycles. The highest BCUT2D eigenvalue weighted by Gasteiger charge is 2.30. The van der Waals surface area contributed by atoms with Crippen LogP contribution in [0, 0.1) is 18.3 Å². The molecule has 26 heavy (non-hydrogen) atoms. The maximum Gasteiger partial charge on any atom is 0.268 e. The van der Waals surface area contributed by atoms with Gasteiger partial charge >= 0.3 is 0 Å². The van der Waals surface area contributed by atoms with Crippen LogP contribution in [0.1, 0.15) is 64.5 Å². The zero-order valence-electron chi connectivity index (χ0n) is 16.7. The van der Waals surface area contributed by atoms with Gasteiger partial charge in [0.25, 0.3) is 5.91 Å². The highest BCUT2D eigenvalue weighted by molar-refractivity contribution is 6.01. The van der Waals surface area contributed by atoms with E-state index in [9.17, 15) is 9.59 Å². The van der Waals surface area contributed by atoms with E-state index in [1.165, 1.54) is 6.92 Å². The normalized spacial score (nSPS) is 21.2. The number of hydrogen-bond donors (Lipinski definition) is 2. The van der Waals surface area contributed by atoms with Crippen molar-refractivity contribution >= 4 is 17.9 Å². The van der Waals surface area contributed by atoms with E-state index in [1.807, 2.05) is 31.2 Å². The van der Waals surface area contributed by atoms with Crippen molar-refractivity contribution in [1.82, 2.24) is 10.6 Å². The molecule has 1 aliphatic rings. The minimum absolute atomic E-state index is 0.176. The molecule has 4 nitrogen and oxygen atoms in total. The van der Waals surface area contributed by atoms with E-state index in [0.29, 0.717) is 17.0 Å². The second-order valence-corrected chi connectivity index (χ2v) is 8.48. The number of carbonyl (C=O) groups excluding carboxylic acids is 2. The van der Waals surface area contributed by atoms with Gasteiger partial charge in [0, 0.05) is 13.0 Å². The first-order chi connectivity index (χ1) is 12.2. The molecule has 1 aliphatic carbocycles. The predicted octanol–water partition coefficient (Wildman–Crippen LogP) is 4.19. The van der Waals surface area contributed by atoms with Crippen LogP contribution in [0.5, 0.6) is 0 Å². The van der Waals surface area contributed by atoms with E-state index >= 15 is 0 Å². The Morgan fingerprint density at radius 2 is 1.69 bits per heavy atom. The van der Waals surface area contributed by atoms with Crippen molar-refractivity contribution in [3.63, 3.8) is 0 Å². The van der Waals surface area contributed by atoms with E-state index < -0.39 is 0 Å². The quantitative estimate of drug-likeness (QED) is 0.795. The predicted molar refractivity (Wildman–Crippen MR) is 106 cm³/mol. The average molecular weight is 357 g/mol. The maximum absolute atomic E-state index is 12.7. The fourth-order valence-electron chi connectivity index (χ4n) is 3.62. The number of nitrogens with one attached hydrogen (secondary N) is 2. The third-order valence-electron chi connectivity index (χ3n) is 5.33. The summed E-state index contributed by atoms with van der Waals surface area (Å²) in [7, 11) is 0. The number of carbonyl (C=O) groups is 2. The molecule has 142 valence electrons. The van der Waals surface area contributed by atoms with Gasteiger partial charge in [0.15, 0.2) is 0 Å². The summed E-state index contributed by atoms with van der Waals surface area (Å²) in [4.78, 5) is 24.3. The van der Waals surface area contributed by atoms with Crippen LogP contribution in [0.2, 0.25) is 0 Å². The first-order valence-corrected chi connectivity index (χ1v) is 9.52. The van der Waals surface area contributed by atoms with Crippen LogP contribution < -0.4 is 10.6 Å². The first-order valence-electron chi connectivity index (χ1n) is 9.52. The molecule has 0 saturated heterocycles. The average Bonchev–Trinajstić information content (AvgIpc) is 2.55. The monoisotopic (exact) mass is 356 g/mol. The molecule has 2 amide bonds. The lowest BCUT2D eigenvalue weighted by Crippen LogP contribution is -2.42. The number of benzene rings is 1. The summed E-state index contributed by atoms with van der Waals surface area (Å²) < 4.78 is 0. The highest BCUT2D eigenvalue weighted by atomic mass is 16.2. The van der Waals surface area contributed by atoms with Crippen molar-refractivity contribution in [2.24, 2.45) is 11.3 Å². The summed E-state index contributed by atoms with van der Waals surface area (Å²) in [5.74, 6) is 0.257. The largest absolute Gasteiger partial charge is 0.348 e. The van der Waals surface area contributed by atoms with Crippen LogP contribution in [-0.2, 0) is 9.59 Å². The minimum atomic E-state index is -0.239. The van der Waals surface area contributed by atoms with Gasteiger partial charge in [-0.15, -0.1) is 0 Å². The first kappa shape index (κ1) is 20.2. The van der Waals surface area contributed by atoms with Crippen LogP contribution in [-0.4, -0.2) is 17.9 Å². The van der Waals surface area contributed by atoms with E-state index in [4.69, 9.17) is 0 Å². The molecular formula is C22H32N2O2. The Balaban J connectivity index is 2.06. The highest BCUT2D eigenvalue weighted by Crippen LogP contribution is 2.37. The lowest BCUT2D eigenvalue weighted by atomic mass is 9.71. The Morgan fingerprint density at radius 1 is 1.08 bits per heavy atom. The van der Waals surface area contributed by atoms with Crippen molar-refractivity contribution in [2.75, 3.05) is 0 Å². The minimum Gasteiger partial charge on any atom is -0.348 e. The summed E-state index contributed by atoms with van der Waals surface area (Å²) >= 11 is 0. The fourth-order valence-corrected chi connectivity index (χ4v) is 3.62. The molecule has 1 fully saturated rings. The Labute approximate surface area is 157 Å². The lowest BCUT2D eigenvalue weighted by molar-refractivity contribution is -0.123. The Morgan fingerprint density at radius 3 is 2.23 bits per heavy atom. The molecule has 1 aromatic carbocycles. The SMILES string of the molecule is CC(=O)N/C(=C\c1ccccc1C)C(=O)NC1CCC(C(C)(C)C)CC1. The molecular weight excluding hydrogens is 324 g/mol. The number of aryl methyl sites for hydroxylation is 1. The molecule has 0 heterocycles. The number of rotatable bonds is 4. The summed E-state index contributed by atoms with van der Waals surface area (Å²) in [5.41, 5.74) is 2.63. The molecule has 2 N–H and O–H groups in total. The third-order valence-corrected chi connectivity index (χ3v) is 5.33. The van der Waals surface area contributed by atoms with Gasteiger partial charge in [-0.05, 0) is 61.1 Å². The Kier molecular flexibility index (Phi) is 6.63. The van der Waals surface area contributed by atoms with Crippen LogP contribution in [0.25, 0.3) is 6.08 Å². The maximum atomic E-state index is 12.7. The van der Waals surface area contributed by atoms with E-state index in [2.05, 4.69) is 31.4 Å². The van der Waals surface area contributed by atoms with Crippen LogP contribution in [0.4, 0.5) is 0 Å². The van der Waals surface area contributed by atoms with Crippen LogP contribution in [0.15, 0.2) is 30.0 Å². The van der Waals surface area contributed by atoms with Gasteiger partial charge in [0.1, 0.15) is 5.70 Å². The van der Waals surface area contributed by atoms with Gasteiger partial charge in [-0.3, -0.25) is 9.59 Å². The van der Waals surface area contributed by atoms with Gasteiger partial charge in [0.2, 0.25) is 5.91 Å². The second-order valence-electron chi connectivity index (χ2n) is 8.48. The zero-order chi connectivity index (χ0) is 19.3. The third kappa shape index (κ3) is 5.72. The smallest absolute Gasteiger partial charge is 0.268 e. The van der Waals surface area contributed by atoms with Gasteiger partial charge in [-0.2, -0.15) is 0 Å². The Hall–Kier alpha value is -2.10. The zero-order valence-corrected chi connectivity index (χ0v) is 16.7. The van der Waals surface area contributed by atoms with Crippen molar-refractivity contribution in [3.05, 3.63) is 41.1 Å². The summed E-state index contributed by atoms with van der Waals surface area (Å²) in [5, 5.41) is 5.80. The molecule has 4 heteroatoms. The molecule has 0 aliphatic heterocycles. The fraction of sp³-hybridized carbons (Fsp3) is 0.545. The topological polar surface area (TPSA) is 58.2 Å². The van der Waals surface area contributed by atoms with E-state index in [-0.39, 0.29) is 17.9 Å². The lowest BCUT2D eigenvalue weighted by Gasteiger charge is -2.37. The number of hydrogen-bond acceptors (Lipinski definition) is 2. The summed E-state index contributed by atoms with van der Waals surface area (Å²) in [6, 6.07) is 7.99. The Bertz CT molecular complexity index is 678. The van der Waals surface area contributed by atoms with Crippen molar-refractivity contribution in [1.29, 1.82) is 0 Å². The molecule has 0 radical (unpaired) electrons. The summed E-state index contributed by atoms with van der Waals surface area (Å²) in [6.45, 7) is 10.3. The van der Waals surface area contributed by atoms with Crippen molar-refractivity contribution in [2.45, 2.75) is 66.3 Å². The van der Waals surface area contributed by atoms with Gasteiger partial charge in [0.05, 0.1) is 0 Å². The molecule has 0 spiro atoms. The van der Waals surface area contributed by atoms with Gasteiger partial charge < -0.3 is 10.6 Å². The van der Waals surface area contributed by atoms with E-state index in [1.54, 1.807) is 6.08 Å². The van der Waals surface area contributed by atoms with Crippen LogP contribution >= 0.6 is 0 Å². The van der Waals surface area contributed by atoms with Gasteiger partial charge in [-0.1, -0.05) is 45.0 Å². The van der Waals surface area contributed by atoms with Crippen molar-refractivity contribution < 1.29 is 9.59 Å². The van der Waals surface area contributed by atoms with Crippen LogP contribution in [0.3, 0.4) is 0 Å². The van der Waals surface area contributed by atoms with Crippen molar-refractivity contribution in [3.8, 4) is 0 Å². The molecule has 0 unspecified atom stereocenters. The summed E-state index contributed by atoms with van der Waals surface area (Å²) in [6.07, 6.45) is 6.00. The molecule has 2 rings (SSSR count). The van der Waals surface area contributed by atoms with Gasteiger partial charge in [-0.25, -0.2) is 0 Å². The van der Waals surface area contributed by atoms with E-state index in [0.717, 1.165) is 36.8 Å². The number of amides is 2. The molecule has 1 aromatic rings. The second kappa shape index (κ2) is 8.52. The standard InChI is InChI=1S/C22H32N2O2/c1-15-8-6-7-9-17(15)14-20(23-16(2)25)21(26)24-19-12-10-18(11-13-19)22(3,4)5/h6-9,14,18-19H,10-13H2,1-5H3,(H,23,25)(H,24,26)/b20-14-. The molecule has 0 atom stereocenters. The molecule has 0 bridgehead atoms. The molecule has 1 saturated carbocycles.